The highest BCUT2D eigenvalue weighted by Crippen LogP contribution is 2.08. The van der Waals surface area contributed by atoms with E-state index in [1.807, 2.05) is 6.92 Å². The van der Waals surface area contributed by atoms with Crippen molar-refractivity contribution in [3.63, 3.8) is 0 Å². The number of anilines is 1. The molecule has 1 aromatic rings. The van der Waals surface area contributed by atoms with Crippen LogP contribution in [0.4, 0.5) is 5.95 Å². The van der Waals surface area contributed by atoms with Gasteiger partial charge in [-0.15, -0.1) is 0 Å². The van der Waals surface area contributed by atoms with Crippen LogP contribution >= 0.6 is 0 Å². The molecule has 74 valence electrons. The van der Waals surface area contributed by atoms with Gasteiger partial charge in [-0.1, -0.05) is 6.92 Å². The molecule has 0 aliphatic carbocycles. The predicted octanol–water partition coefficient (Wildman–Crippen LogP) is 1.15. The maximum atomic E-state index is 8.80. The van der Waals surface area contributed by atoms with E-state index in [0.29, 0.717) is 5.95 Å². The van der Waals surface area contributed by atoms with Crippen LogP contribution in [0.25, 0.3) is 0 Å². The van der Waals surface area contributed by atoms with Crippen molar-refractivity contribution in [2.24, 2.45) is 0 Å². The van der Waals surface area contributed by atoms with Crippen molar-refractivity contribution in [2.75, 3.05) is 5.32 Å². The molecule has 0 saturated heterocycles. The number of rotatable bonds is 3. The lowest BCUT2D eigenvalue weighted by Crippen LogP contribution is -2.29. The summed E-state index contributed by atoms with van der Waals surface area (Å²) in [5.74, 6) is 1.17. The standard InChI is InChI=1S/C9H13N5/c1-4-7-11-6-12-8(13-7)14-9(2,3)5-10/h6H,4H2,1-3H3,(H,11,12,13,14). The molecule has 5 heteroatoms. The van der Waals surface area contributed by atoms with Crippen LogP contribution in [0.1, 0.15) is 26.6 Å². The predicted molar refractivity (Wildman–Crippen MR) is 52.5 cm³/mol. The summed E-state index contributed by atoms with van der Waals surface area (Å²) in [6, 6.07) is 2.12. The van der Waals surface area contributed by atoms with Crippen molar-refractivity contribution < 1.29 is 0 Å². The summed E-state index contributed by atoms with van der Waals surface area (Å²) in [7, 11) is 0. The van der Waals surface area contributed by atoms with Gasteiger partial charge < -0.3 is 5.32 Å². The van der Waals surface area contributed by atoms with E-state index in [-0.39, 0.29) is 0 Å². The van der Waals surface area contributed by atoms with Gasteiger partial charge in [0, 0.05) is 6.42 Å². The quantitative estimate of drug-likeness (QED) is 0.775. The molecule has 0 bridgehead atoms. The molecule has 1 N–H and O–H groups in total. The van der Waals surface area contributed by atoms with Crippen molar-refractivity contribution in [1.29, 1.82) is 5.26 Å². The minimum absolute atomic E-state index is 0.448. The summed E-state index contributed by atoms with van der Waals surface area (Å²) in [6.45, 7) is 5.50. The second-order valence-corrected chi connectivity index (χ2v) is 3.44. The number of nitriles is 1. The summed E-state index contributed by atoms with van der Waals surface area (Å²) < 4.78 is 0. The van der Waals surface area contributed by atoms with Crippen molar-refractivity contribution in [3.8, 4) is 6.07 Å². The second kappa shape index (κ2) is 4.01. The second-order valence-electron chi connectivity index (χ2n) is 3.44. The van der Waals surface area contributed by atoms with E-state index in [2.05, 4.69) is 26.3 Å². The van der Waals surface area contributed by atoms with Gasteiger partial charge in [0.2, 0.25) is 5.95 Å². The molecule has 0 aliphatic rings. The topological polar surface area (TPSA) is 74.5 Å². The first kappa shape index (κ1) is 10.4. The van der Waals surface area contributed by atoms with Crippen molar-refractivity contribution >= 4 is 5.95 Å². The number of hydrogen-bond acceptors (Lipinski definition) is 5. The lowest BCUT2D eigenvalue weighted by atomic mass is 10.1. The van der Waals surface area contributed by atoms with Gasteiger partial charge in [-0.2, -0.15) is 10.2 Å². The number of aryl methyl sites for hydroxylation is 1. The van der Waals surface area contributed by atoms with Gasteiger partial charge in [-0.3, -0.25) is 0 Å². The highest BCUT2D eigenvalue weighted by atomic mass is 15.2. The van der Waals surface area contributed by atoms with Crippen LogP contribution in [0, 0.1) is 11.3 Å². The monoisotopic (exact) mass is 191 g/mol. The molecule has 0 unspecified atom stereocenters. The molecule has 0 fully saturated rings. The van der Waals surface area contributed by atoms with Gasteiger partial charge in [-0.05, 0) is 13.8 Å². The van der Waals surface area contributed by atoms with Gasteiger partial charge in [0.05, 0.1) is 6.07 Å². The number of nitrogens with zero attached hydrogens (tertiary/aromatic N) is 4. The van der Waals surface area contributed by atoms with Gasteiger partial charge in [0.25, 0.3) is 0 Å². The largest absolute Gasteiger partial charge is 0.336 e. The number of nitrogens with one attached hydrogen (secondary N) is 1. The molecule has 0 saturated carbocycles. The highest BCUT2D eigenvalue weighted by molar-refractivity contribution is 5.31. The minimum atomic E-state index is -0.660. The Morgan fingerprint density at radius 2 is 2.21 bits per heavy atom. The van der Waals surface area contributed by atoms with Crippen LogP contribution in [0.15, 0.2) is 6.33 Å². The Kier molecular flexibility index (Phi) is 2.97. The molecule has 0 aliphatic heterocycles. The molecule has 1 rings (SSSR count). The lowest BCUT2D eigenvalue weighted by Gasteiger charge is -2.16. The summed E-state index contributed by atoms with van der Waals surface area (Å²) in [6.07, 6.45) is 2.20. The molecule has 0 spiro atoms. The Hall–Kier alpha value is -1.70. The van der Waals surface area contributed by atoms with Crippen LogP contribution < -0.4 is 5.32 Å². The van der Waals surface area contributed by atoms with Crippen molar-refractivity contribution in [3.05, 3.63) is 12.2 Å². The number of aromatic nitrogens is 3. The van der Waals surface area contributed by atoms with Crippen molar-refractivity contribution in [1.82, 2.24) is 15.0 Å². The van der Waals surface area contributed by atoms with Crippen molar-refractivity contribution in [2.45, 2.75) is 32.7 Å². The smallest absolute Gasteiger partial charge is 0.227 e. The molecule has 5 nitrogen and oxygen atoms in total. The molecule has 1 aromatic heterocycles. The van der Waals surface area contributed by atoms with E-state index in [1.165, 1.54) is 6.33 Å². The Balaban J connectivity index is 2.83. The van der Waals surface area contributed by atoms with Gasteiger partial charge in [0.15, 0.2) is 0 Å². The minimum Gasteiger partial charge on any atom is -0.336 e. The van der Waals surface area contributed by atoms with Gasteiger partial charge in [0.1, 0.15) is 17.7 Å². The number of hydrogen-bond donors (Lipinski definition) is 1. The molecule has 1 heterocycles. The molecular formula is C9H13N5. The van der Waals surface area contributed by atoms with E-state index in [9.17, 15) is 0 Å². The fraction of sp³-hybridized carbons (Fsp3) is 0.556. The Bertz CT molecular complexity index is 352. The van der Waals surface area contributed by atoms with Crippen LogP contribution in [0.3, 0.4) is 0 Å². The lowest BCUT2D eigenvalue weighted by molar-refractivity contribution is 0.711. The SMILES string of the molecule is CCc1ncnc(NC(C)(C)C#N)n1. The first-order valence-electron chi connectivity index (χ1n) is 4.45. The molecule has 14 heavy (non-hydrogen) atoms. The summed E-state index contributed by atoms with van der Waals surface area (Å²) >= 11 is 0. The maximum Gasteiger partial charge on any atom is 0.227 e. The van der Waals surface area contributed by atoms with E-state index in [1.54, 1.807) is 13.8 Å². The Morgan fingerprint density at radius 3 is 2.79 bits per heavy atom. The molecule has 0 amide bonds. The Morgan fingerprint density at radius 1 is 1.50 bits per heavy atom. The molecule has 0 aromatic carbocycles. The third kappa shape index (κ3) is 2.66. The maximum absolute atomic E-state index is 8.80. The zero-order valence-electron chi connectivity index (χ0n) is 8.57. The fourth-order valence-electron chi connectivity index (χ4n) is 0.868. The molecule has 0 radical (unpaired) electrons. The summed E-state index contributed by atoms with van der Waals surface area (Å²) in [4.78, 5) is 12.0. The average Bonchev–Trinajstić information content (AvgIpc) is 2.17. The third-order valence-corrected chi connectivity index (χ3v) is 1.64. The Labute approximate surface area is 83.2 Å². The van der Waals surface area contributed by atoms with E-state index in [4.69, 9.17) is 5.26 Å². The molecular weight excluding hydrogens is 178 g/mol. The van der Waals surface area contributed by atoms with E-state index < -0.39 is 5.54 Å². The van der Waals surface area contributed by atoms with Crippen LogP contribution in [-0.4, -0.2) is 20.5 Å². The fourth-order valence-corrected chi connectivity index (χ4v) is 0.868. The molecule has 0 atom stereocenters. The first-order valence-corrected chi connectivity index (χ1v) is 4.45. The zero-order chi connectivity index (χ0) is 10.6. The third-order valence-electron chi connectivity index (χ3n) is 1.64. The summed E-state index contributed by atoms with van der Waals surface area (Å²) in [5, 5.41) is 11.7. The van der Waals surface area contributed by atoms with E-state index >= 15 is 0 Å². The summed E-state index contributed by atoms with van der Waals surface area (Å²) in [5.41, 5.74) is -0.660. The average molecular weight is 191 g/mol. The normalized spacial score (nSPS) is 10.7. The van der Waals surface area contributed by atoms with Gasteiger partial charge in [-0.25, -0.2) is 9.97 Å². The van der Waals surface area contributed by atoms with Crippen LogP contribution in [0.2, 0.25) is 0 Å². The van der Waals surface area contributed by atoms with Crippen LogP contribution in [-0.2, 0) is 6.42 Å². The van der Waals surface area contributed by atoms with Crippen LogP contribution in [0.5, 0.6) is 0 Å². The highest BCUT2D eigenvalue weighted by Gasteiger charge is 2.17. The van der Waals surface area contributed by atoms with E-state index in [0.717, 1.165) is 12.2 Å². The zero-order valence-corrected chi connectivity index (χ0v) is 8.57. The van der Waals surface area contributed by atoms with Gasteiger partial charge >= 0.3 is 0 Å². The first-order chi connectivity index (χ1) is 6.57.